The smallest absolute Gasteiger partial charge is 0.137 e. The highest BCUT2D eigenvalue weighted by molar-refractivity contribution is 6.30. The van der Waals surface area contributed by atoms with Crippen molar-refractivity contribution in [2.45, 2.75) is 53.4 Å². The number of halogens is 1. The van der Waals surface area contributed by atoms with Crippen LogP contribution in [0.5, 0.6) is 0 Å². The summed E-state index contributed by atoms with van der Waals surface area (Å²) in [6.45, 7) is 10.4. The van der Waals surface area contributed by atoms with Crippen LogP contribution >= 0.6 is 11.6 Å². The summed E-state index contributed by atoms with van der Waals surface area (Å²) in [4.78, 5) is 11.1. The summed E-state index contributed by atoms with van der Waals surface area (Å²) in [7, 11) is 0. The van der Waals surface area contributed by atoms with Crippen molar-refractivity contribution in [1.29, 1.82) is 0 Å². The summed E-state index contributed by atoms with van der Waals surface area (Å²) in [5, 5.41) is 0.579. The van der Waals surface area contributed by atoms with Gasteiger partial charge in [0.2, 0.25) is 0 Å². The first-order valence-electron chi connectivity index (χ1n) is 6.85. The molecule has 1 heterocycles. The number of anilines is 1. The average molecular weight is 270 g/mol. The van der Waals surface area contributed by atoms with Gasteiger partial charge in [-0.3, -0.25) is 0 Å². The summed E-state index contributed by atoms with van der Waals surface area (Å²) < 4.78 is 0. The fraction of sp³-hybridized carbons (Fsp3) is 0.714. The minimum Gasteiger partial charge on any atom is -0.356 e. The summed E-state index contributed by atoms with van der Waals surface area (Å²) in [6, 6.07) is 0. The van der Waals surface area contributed by atoms with Crippen LogP contribution in [-0.4, -0.2) is 23.1 Å². The maximum absolute atomic E-state index is 6.15. The van der Waals surface area contributed by atoms with Gasteiger partial charge < -0.3 is 4.90 Å². The molecule has 0 aliphatic heterocycles. The van der Waals surface area contributed by atoms with Gasteiger partial charge in [0.1, 0.15) is 16.8 Å². The van der Waals surface area contributed by atoms with Gasteiger partial charge in [-0.05, 0) is 26.7 Å². The van der Waals surface area contributed by atoms with Gasteiger partial charge in [0, 0.05) is 18.7 Å². The highest BCUT2D eigenvalue weighted by Crippen LogP contribution is 2.24. The molecule has 0 aliphatic rings. The van der Waals surface area contributed by atoms with E-state index in [0.717, 1.165) is 30.3 Å². The lowest BCUT2D eigenvalue weighted by Crippen LogP contribution is -2.27. The van der Waals surface area contributed by atoms with Gasteiger partial charge in [-0.1, -0.05) is 38.3 Å². The molecular weight excluding hydrogens is 246 g/mol. The SMILES string of the molecule is CCCCN(CCCC)c1nc(C)nc(Cl)c1C. The number of nitrogens with zero attached hydrogens (tertiary/aromatic N) is 3. The molecule has 1 rings (SSSR count). The monoisotopic (exact) mass is 269 g/mol. The highest BCUT2D eigenvalue weighted by atomic mass is 35.5. The van der Waals surface area contributed by atoms with E-state index in [0.29, 0.717) is 5.15 Å². The van der Waals surface area contributed by atoms with Crippen molar-refractivity contribution in [3.8, 4) is 0 Å². The third-order valence-electron chi connectivity index (χ3n) is 3.04. The van der Waals surface area contributed by atoms with Crippen molar-refractivity contribution in [3.05, 3.63) is 16.5 Å². The van der Waals surface area contributed by atoms with Crippen molar-refractivity contribution in [1.82, 2.24) is 9.97 Å². The fourth-order valence-electron chi connectivity index (χ4n) is 1.91. The van der Waals surface area contributed by atoms with Gasteiger partial charge in [0.15, 0.2) is 0 Å². The normalized spacial score (nSPS) is 10.7. The molecule has 0 N–H and O–H groups in total. The van der Waals surface area contributed by atoms with E-state index in [2.05, 4.69) is 28.7 Å². The summed E-state index contributed by atoms with van der Waals surface area (Å²) in [5.41, 5.74) is 0.995. The Morgan fingerprint density at radius 3 is 2.06 bits per heavy atom. The Morgan fingerprint density at radius 1 is 1.00 bits per heavy atom. The van der Waals surface area contributed by atoms with Crippen LogP contribution in [0.4, 0.5) is 5.82 Å². The molecule has 0 atom stereocenters. The van der Waals surface area contributed by atoms with E-state index in [-0.39, 0.29) is 0 Å². The van der Waals surface area contributed by atoms with Crippen LogP contribution in [-0.2, 0) is 0 Å². The molecule has 18 heavy (non-hydrogen) atoms. The average Bonchev–Trinajstić information content (AvgIpc) is 2.34. The molecule has 102 valence electrons. The molecule has 0 aromatic carbocycles. The Kier molecular flexibility index (Phi) is 6.41. The quantitative estimate of drug-likeness (QED) is 0.696. The van der Waals surface area contributed by atoms with Gasteiger partial charge >= 0.3 is 0 Å². The molecule has 4 heteroatoms. The lowest BCUT2D eigenvalue weighted by Gasteiger charge is -2.25. The zero-order valence-electron chi connectivity index (χ0n) is 12.0. The third kappa shape index (κ3) is 4.13. The molecule has 0 spiro atoms. The summed E-state index contributed by atoms with van der Waals surface area (Å²) in [6.07, 6.45) is 4.76. The zero-order valence-corrected chi connectivity index (χ0v) is 12.7. The van der Waals surface area contributed by atoms with Gasteiger partial charge in [-0.2, -0.15) is 0 Å². The molecule has 0 amide bonds. The number of aryl methyl sites for hydroxylation is 1. The fourth-order valence-corrected chi connectivity index (χ4v) is 2.12. The molecule has 1 aromatic heterocycles. The van der Waals surface area contributed by atoms with Gasteiger partial charge in [-0.25, -0.2) is 9.97 Å². The molecular formula is C14H24ClN3. The number of unbranched alkanes of at least 4 members (excludes halogenated alkanes) is 2. The third-order valence-corrected chi connectivity index (χ3v) is 3.40. The van der Waals surface area contributed by atoms with Gasteiger partial charge in [-0.15, -0.1) is 0 Å². The molecule has 0 fully saturated rings. The second-order valence-corrected chi connectivity index (χ2v) is 5.06. The van der Waals surface area contributed by atoms with Gasteiger partial charge in [0.25, 0.3) is 0 Å². The summed E-state index contributed by atoms with van der Waals surface area (Å²) >= 11 is 6.15. The molecule has 1 aromatic rings. The van der Waals surface area contributed by atoms with Crippen LogP contribution in [0.1, 0.15) is 50.9 Å². The molecule has 3 nitrogen and oxygen atoms in total. The molecule has 0 saturated heterocycles. The predicted molar refractivity (Wildman–Crippen MR) is 78.5 cm³/mol. The first kappa shape index (κ1) is 15.2. The van der Waals surface area contributed by atoms with Crippen molar-refractivity contribution in [2.75, 3.05) is 18.0 Å². The van der Waals surface area contributed by atoms with Crippen molar-refractivity contribution in [2.24, 2.45) is 0 Å². The lowest BCUT2D eigenvalue weighted by atomic mass is 10.2. The highest BCUT2D eigenvalue weighted by Gasteiger charge is 2.14. The maximum atomic E-state index is 6.15. The Bertz CT molecular complexity index is 372. The largest absolute Gasteiger partial charge is 0.356 e. The van der Waals surface area contributed by atoms with Crippen LogP contribution < -0.4 is 4.90 Å². The van der Waals surface area contributed by atoms with Crippen molar-refractivity contribution < 1.29 is 0 Å². The van der Waals surface area contributed by atoms with Gasteiger partial charge in [0.05, 0.1) is 0 Å². The molecule has 0 unspecified atom stereocenters. The minimum atomic E-state index is 0.579. The minimum absolute atomic E-state index is 0.579. The van der Waals surface area contributed by atoms with Crippen molar-refractivity contribution in [3.63, 3.8) is 0 Å². The van der Waals surface area contributed by atoms with E-state index in [1.165, 1.54) is 25.7 Å². The number of rotatable bonds is 7. The Labute approximate surface area is 116 Å². The topological polar surface area (TPSA) is 29.0 Å². The van der Waals surface area contributed by atoms with Crippen LogP contribution in [0.25, 0.3) is 0 Å². The molecule has 0 bridgehead atoms. The summed E-state index contributed by atoms with van der Waals surface area (Å²) in [5.74, 6) is 1.76. The maximum Gasteiger partial charge on any atom is 0.137 e. The Morgan fingerprint density at radius 2 is 1.56 bits per heavy atom. The van der Waals surface area contributed by atoms with Crippen LogP contribution in [0.2, 0.25) is 5.15 Å². The number of aromatic nitrogens is 2. The van der Waals surface area contributed by atoms with E-state index in [4.69, 9.17) is 11.6 Å². The zero-order chi connectivity index (χ0) is 13.5. The van der Waals surface area contributed by atoms with E-state index >= 15 is 0 Å². The van der Waals surface area contributed by atoms with E-state index < -0.39 is 0 Å². The molecule has 0 aliphatic carbocycles. The number of hydrogen-bond acceptors (Lipinski definition) is 3. The first-order chi connectivity index (χ1) is 8.60. The second-order valence-electron chi connectivity index (χ2n) is 4.70. The van der Waals surface area contributed by atoms with Crippen LogP contribution in [0.3, 0.4) is 0 Å². The standard InChI is InChI=1S/C14H24ClN3/c1-5-7-9-18(10-8-6-2)14-11(3)13(15)16-12(4)17-14/h5-10H2,1-4H3. The molecule has 0 radical (unpaired) electrons. The predicted octanol–water partition coefficient (Wildman–Crippen LogP) is 4.15. The van der Waals surface area contributed by atoms with E-state index in [1.54, 1.807) is 0 Å². The number of hydrogen-bond donors (Lipinski definition) is 0. The Hall–Kier alpha value is -0.830. The van der Waals surface area contributed by atoms with E-state index in [9.17, 15) is 0 Å². The van der Waals surface area contributed by atoms with Crippen LogP contribution in [0, 0.1) is 13.8 Å². The molecule has 0 saturated carbocycles. The van der Waals surface area contributed by atoms with Crippen molar-refractivity contribution >= 4 is 17.4 Å². The second kappa shape index (κ2) is 7.57. The lowest BCUT2D eigenvalue weighted by molar-refractivity contribution is 0.667. The Balaban J connectivity index is 2.95. The van der Waals surface area contributed by atoms with Crippen LogP contribution in [0.15, 0.2) is 0 Å². The van der Waals surface area contributed by atoms with E-state index in [1.807, 2.05) is 13.8 Å². The first-order valence-corrected chi connectivity index (χ1v) is 7.23.